The van der Waals surface area contributed by atoms with Gasteiger partial charge in [0.05, 0.1) is 11.0 Å². The Kier molecular flexibility index (Phi) is 4.88. The summed E-state index contributed by atoms with van der Waals surface area (Å²) in [7, 11) is 0. The number of nitrogens with zero attached hydrogens (tertiary/aromatic N) is 1. The van der Waals surface area contributed by atoms with E-state index in [9.17, 15) is 19.7 Å². The van der Waals surface area contributed by atoms with Crippen LogP contribution in [0.4, 0.5) is 16.2 Å². The van der Waals surface area contributed by atoms with Gasteiger partial charge in [-0.3, -0.25) is 14.9 Å². The van der Waals surface area contributed by atoms with Crippen molar-refractivity contribution in [2.24, 2.45) is 5.73 Å². The first-order chi connectivity index (χ1) is 11.0. The van der Waals surface area contributed by atoms with Crippen LogP contribution in [0.2, 0.25) is 0 Å². The van der Waals surface area contributed by atoms with Crippen LogP contribution in [0, 0.1) is 10.1 Å². The van der Waals surface area contributed by atoms with E-state index in [0.717, 1.165) is 0 Å². The van der Waals surface area contributed by atoms with Crippen LogP contribution in [0.15, 0.2) is 48.5 Å². The fraction of sp³-hybridized carbons (Fsp3) is 0.0667. The summed E-state index contributed by atoms with van der Waals surface area (Å²) in [4.78, 5) is 32.8. The third-order valence-corrected chi connectivity index (χ3v) is 2.87. The Balaban J connectivity index is 1.98. The Morgan fingerprint density at radius 2 is 1.87 bits per heavy atom. The minimum atomic E-state index is -0.696. The summed E-state index contributed by atoms with van der Waals surface area (Å²) in [6, 6.07) is 11.0. The summed E-state index contributed by atoms with van der Waals surface area (Å²) < 4.78 is 5.26. The highest BCUT2D eigenvalue weighted by atomic mass is 16.6. The van der Waals surface area contributed by atoms with E-state index in [0.29, 0.717) is 11.3 Å². The number of benzene rings is 2. The van der Waals surface area contributed by atoms with Gasteiger partial charge < -0.3 is 15.8 Å². The standard InChI is InChI=1S/C15H13N3O5/c16-15(20)17-11-6-4-10(5-7-11)14(19)9-23-13-3-1-2-12(8-13)18(21)22/h1-8H,9H2,(H3,16,17,20). The molecule has 0 fully saturated rings. The van der Waals surface area contributed by atoms with Gasteiger partial charge in [0.15, 0.2) is 12.4 Å². The first-order valence-corrected chi connectivity index (χ1v) is 6.52. The van der Waals surface area contributed by atoms with Crippen LogP contribution in [0.3, 0.4) is 0 Å². The third-order valence-electron chi connectivity index (χ3n) is 2.87. The molecule has 0 aliphatic rings. The number of ketones is 1. The fourth-order valence-corrected chi connectivity index (χ4v) is 1.80. The lowest BCUT2D eigenvalue weighted by Gasteiger charge is -2.06. The van der Waals surface area contributed by atoms with Crippen LogP contribution in [-0.4, -0.2) is 23.3 Å². The first kappa shape index (κ1) is 16.0. The molecule has 0 atom stereocenters. The van der Waals surface area contributed by atoms with E-state index < -0.39 is 11.0 Å². The van der Waals surface area contributed by atoms with Gasteiger partial charge in [0.25, 0.3) is 5.69 Å². The van der Waals surface area contributed by atoms with Crippen LogP contribution < -0.4 is 15.8 Å². The van der Waals surface area contributed by atoms with E-state index in [1.165, 1.54) is 48.5 Å². The molecule has 0 saturated carbocycles. The Morgan fingerprint density at radius 1 is 1.17 bits per heavy atom. The zero-order valence-electron chi connectivity index (χ0n) is 11.9. The summed E-state index contributed by atoms with van der Waals surface area (Å²) in [5.74, 6) is -0.0679. The molecule has 0 radical (unpaired) electrons. The highest BCUT2D eigenvalue weighted by Crippen LogP contribution is 2.19. The maximum atomic E-state index is 12.0. The Bertz CT molecular complexity index is 743. The molecule has 8 nitrogen and oxygen atoms in total. The van der Waals surface area contributed by atoms with E-state index in [1.54, 1.807) is 0 Å². The molecule has 23 heavy (non-hydrogen) atoms. The number of urea groups is 1. The average molecular weight is 315 g/mol. The number of nitro groups is 1. The molecular formula is C15H13N3O5. The molecule has 3 N–H and O–H groups in total. The average Bonchev–Trinajstić information content (AvgIpc) is 2.53. The zero-order valence-corrected chi connectivity index (χ0v) is 11.9. The number of rotatable bonds is 6. The lowest BCUT2D eigenvalue weighted by atomic mass is 10.1. The Morgan fingerprint density at radius 3 is 2.48 bits per heavy atom. The molecule has 2 aromatic carbocycles. The van der Waals surface area contributed by atoms with E-state index in [4.69, 9.17) is 10.5 Å². The highest BCUT2D eigenvalue weighted by molar-refractivity contribution is 5.98. The molecule has 2 aromatic rings. The second kappa shape index (κ2) is 7.03. The van der Waals surface area contributed by atoms with E-state index in [2.05, 4.69) is 5.32 Å². The van der Waals surface area contributed by atoms with Crippen LogP contribution in [0.5, 0.6) is 5.75 Å². The molecule has 0 aliphatic heterocycles. The Labute approximate surface area is 131 Å². The minimum absolute atomic E-state index is 0.114. The molecule has 0 aliphatic carbocycles. The number of non-ortho nitro benzene ring substituents is 1. The SMILES string of the molecule is NC(=O)Nc1ccc(C(=O)COc2cccc([N+](=O)[O-])c2)cc1. The first-order valence-electron chi connectivity index (χ1n) is 6.52. The fourth-order valence-electron chi connectivity index (χ4n) is 1.80. The van der Waals surface area contributed by atoms with Crippen molar-refractivity contribution in [3.8, 4) is 5.75 Å². The summed E-state index contributed by atoms with van der Waals surface area (Å²) in [5.41, 5.74) is 5.72. The number of Topliss-reactive ketones (excluding diaryl/α,β-unsaturated/α-hetero) is 1. The molecule has 0 aromatic heterocycles. The van der Waals surface area contributed by atoms with Crippen LogP contribution in [0.1, 0.15) is 10.4 Å². The molecule has 0 bridgehead atoms. The largest absolute Gasteiger partial charge is 0.485 e. The number of hydrogen-bond donors (Lipinski definition) is 2. The van der Waals surface area contributed by atoms with Gasteiger partial charge in [-0.2, -0.15) is 0 Å². The van der Waals surface area contributed by atoms with Crippen molar-refractivity contribution in [3.63, 3.8) is 0 Å². The van der Waals surface area contributed by atoms with Gasteiger partial charge in [0.2, 0.25) is 0 Å². The number of nitro benzene ring substituents is 1. The van der Waals surface area contributed by atoms with Crippen molar-refractivity contribution in [2.45, 2.75) is 0 Å². The summed E-state index contributed by atoms with van der Waals surface area (Å²) in [6.45, 7) is -0.260. The number of hydrogen-bond acceptors (Lipinski definition) is 5. The highest BCUT2D eigenvalue weighted by Gasteiger charge is 2.10. The van der Waals surface area contributed by atoms with Crippen molar-refractivity contribution in [1.82, 2.24) is 0 Å². The topological polar surface area (TPSA) is 125 Å². The van der Waals surface area contributed by atoms with Gasteiger partial charge in [0.1, 0.15) is 5.75 Å². The van der Waals surface area contributed by atoms with Crippen molar-refractivity contribution < 1.29 is 19.2 Å². The molecule has 8 heteroatoms. The van der Waals surface area contributed by atoms with Crippen molar-refractivity contribution in [1.29, 1.82) is 0 Å². The van der Waals surface area contributed by atoms with Gasteiger partial charge in [0, 0.05) is 17.3 Å². The van der Waals surface area contributed by atoms with E-state index >= 15 is 0 Å². The normalized spacial score (nSPS) is 9.91. The van der Waals surface area contributed by atoms with Gasteiger partial charge >= 0.3 is 6.03 Å². The van der Waals surface area contributed by atoms with Crippen LogP contribution in [-0.2, 0) is 0 Å². The van der Waals surface area contributed by atoms with Crippen molar-refractivity contribution in [3.05, 3.63) is 64.2 Å². The molecule has 0 unspecified atom stereocenters. The maximum absolute atomic E-state index is 12.0. The lowest BCUT2D eigenvalue weighted by molar-refractivity contribution is -0.384. The molecule has 2 rings (SSSR count). The quantitative estimate of drug-likeness (QED) is 0.481. The van der Waals surface area contributed by atoms with Gasteiger partial charge in [-0.25, -0.2) is 4.79 Å². The number of primary amides is 1. The summed E-state index contributed by atoms with van der Waals surface area (Å²) in [5, 5.41) is 13.0. The second-order valence-electron chi connectivity index (χ2n) is 4.53. The summed E-state index contributed by atoms with van der Waals surface area (Å²) >= 11 is 0. The Hall–Kier alpha value is -3.42. The number of carbonyl (C=O) groups excluding carboxylic acids is 2. The van der Waals surface area contributed by atoms with Crippen LogP contribution >= 0.6 is 0 Å². The van der Waals surface area contributed by atoms with Crippen LogP contribution in [0.25, 0.3) is 0 Å². The molecule has 2 amide bonds. The number of nitrogens with one attached hydrogen (secondary N) is 1. The van der Waals surface area contributed by atoms with Crippen molar-refractivity contribution >= 4 is 23.2 Å². The van der Waals surface area contributed by atoms with Gasteiger partial charge in [-0.1, -0.05) is 6.07 Å². The number of carbonyl (C=O) groups is 2. The molecule has 0 saturated heterocycles. The lowest BCUT2D eigenvalue weighted by Crippen LogP contribution is -2.19. The monoisotopic (exact) mass is 315 g/mol. The maximum Gasteiger partial charge on any atom is 0.316 e. The summed E-state index contributed by atoms with van der Waals surface area (Å²) in [6.07, 6.45) is 0. The third kappa shape index (κ3) is 4.53. The van der Waals surface area contributed by atoms with Crippen molar-refractivity contribution in [2.75, 3.05) is 11.9 Å². The molecule has 0 spiro atoms. The molecule has 118 valence electrons. The number of anilines is 1. The zero-order chi connectivity index (χ0) is 16.8. The predicted molar refractivity (Wildman–Crippen MR) is 82.6 cm³/mol. The van der Waals surface area contributed by atoms with E-state index in [1.807, 2.05) is 0 Å². The minimum Gasteiger partial charge on any atom is -0.485 e. The molecular weight excluding hydrogens is 302 g/mol. The molecule has 0 heterocycles. The number of amides is 2. The smallest absolute Gasteiger partial charge is 0.316 e. The van der Waals surface area contributed by atoms with E-state index in [-0.39, 0.29) is 23.8 Å². The second-order valence-corrected chi connectivity index (χ2v) is 4.53. The van der Waals surface area contributed by atoms with Gasteiger partial charge in [-0.05, 0) is 30.3 Å². The van der Waals surface area contributed by atoms with Gasteiger partial charge in [-0.15, -0.1) is 0 Å². The number of nitrogens with two attached hydrogens (primary N) is 1. The number of ether oxygens (including phenoxy) is 1. The predicted octanol–water partition coefficient (Wildman–Crippen LogP) is 2.35.